The molecule has 2 aliphatic carbocycles. The summed E-state index contributed by atoms with van der Waals surface area (Å²) in [5, 5.41) is 26.4. The lowest BCUT2D eigenvalue weighted by molar-refractivity contribution is -0.0853. The summed E-state index contributed by atoms with van der Waals surface area (Å²) in [5.74, 6) is -1.20. The molecule has 2 unspecified atom stereocenters. The number of aromatic nitrogens is 4. The molecule has 2 heterocycles. The van der Waals surface area contributed by atoms with Crippen molar-refractivity contribution in [3.8, 4) is 0 Å². The highest BCUT2D eigenvalue weighted by molar-refractivity contribution is 6.05. The molecule has 2 atom stereocenters. The Balaban J connectivity index is 1.36. The summed E-state index contributed by atoms with van der Waals surface area (Å²) in [4.78, 5) is 25.9. The fraction of sp³-hybridized carbons (Fsp3) is 0.407. The van der Waals surface area contributed by atoms with Crippen LogP contribution in [0.25, 0.3) is 21.7 Å². The van der Waals surface area contributed by atoms with Crippen LogP contribution >= 0.6 is 0 Å². The number of H-pyrrole nitrogens is 1. The second-order valence-electron chi connectivity index (χ2n) is 11.1. The van der Waals surface area contributed by atoms with Crippen LogP contribution in [0.2, 0.25) is 0 Å². The zero-order valence-corrected chi connectivity index (χ0v) is 20.5. The first-order chi connectivity index (χ1) is 17.5. The first-order valence-electron chi connectivity index (χ1n) is 12.4. The highest BCUT2D eigenvalue weighted by atomic mass is 19.1. The summed E-state index contributed by atoms with van der Waals surface area (Å²) in [6, 6.07) is 10.9. The number of hydrogen-bond donors (Lipinski definition) is 3. The lowest BCUT2D eigenvalue weighted by atomic mass is 9.46. The summed E-state index contributed by atoms with van der Waals surface area (Å²) in [5.41, 5.74) is -0.609. The minimum atomic E-state index is -1.13. The molecule has 192 valence electrons. The van der Waals surface area contributed by atoms with Gasteiger partial charge < -0.3 is 10.4 Å². The minimum absolute atomic E-state index is 0.0700. The van der Waals surface area contributed by atoms with Crippen molar-refractivity contribution >= 4 is 27.6 Å². The van der Waals surface area contributed by atoms with E-state index >= 15 is 0 Å². The van der Waals surface area contributed by atoms with E-state index in [2.05, 4.69) is 20.6 Å². The van der Waals surface area contributed by atoms with Gasteiger partial charge >= 0.3 is 0 Å². The van der Waals surface area contributed by atoms with Gasteiger partial charge in [-0.15, -0.1) is 0 Å². The Morgan fingerprint density at radius 2 is 1.92 bits per heavy atom. The number of alkyl halides is 1. The maximum Gasteiger partial charge on any atom is 0.272 e. The van der Waals surface area contributed by atoms with Gasteiger partial charge in [0, 0.05) is 22.7 Å². The molecule has 8 nitrogen and oxygen atoms in total. The van der Waals surface area contributed by atoms with Crippen LogP contribution in [-0.4, -0.2) is 48.8 Å². The molecule has 2 aromatic heterocycles. The Hall–Kier alpha value is -3.66. The van der Waals surface area contributed by atoms with Gasteiger partial charge in [-0.25, -0.2) is 13.9 Å². The number of benzene rings is 2. The number of nitrogens with zero attached hydrogens (tertiary/aromatic N) is 3. The molecule has 10 heteroatoms. The molecule has 1 amide bonds. The molecule has 2 aliphatic rings. The Morgan fingerprint density at radius 1 is 1.19 bits per heavy atom. The number of nitrogens with one attached hydrogen (secondary N) is 2. The van der Waals surface area contributed by atoms with Crippen LogP contribution in [0.5, 0.6) is 0 Å². The van der Waals surface area contributed by atoms with Crippen LogP contribution in [0.1, 0.15) is 55.2 Å². The normalized spacial score (nSPS) is 25.3. The maximum absolute atomic E-state index is 14.1. The van der Waals surface area contributed by atoms with Gasteiger partial charge in [0.05, 0.1) is 28.7 Å². The standard InChI is InChI=1S/C27H27F2N5O3/c1-26(2,37)13-34-20-9-14(28)7-8-18(20)23(33-34)25(36)30-19-12-27(10-15(29)11-27)21(19)22-16-5-3-4-6-17(16)24(35)32-31-22/h3-9,15,19,21,37H,10-13H2,1-2H3,(H,30,36)(H,32,35). The number of hydrogen-bond acceptors (Lipinski definition) is 5. The van der Waals surface area contributed by atoms with Gasteiger partial charge in [0.2, 0.25) is 0 Å². The van der Waals surface area contributed by atoms with Crippen molar-refractivity contribution in [3.63, 3.8) is 0 Å². The van der Waals surface area contributed by atoms with E-state index in [1.165, 1.54) is 22.9 Å². The van der Waals surface area contributed by atoms with E-state index in [0.29, 0.717) is 46.6 Å². The van der Waals surface area contributed by atoms with Gasteiger partial charge in [-0.3, -0.25) is 14.3 Å². The van der Waals surface area contributed by atoms with E-state index in [1.807, 2.05) is 12.1 Å². The van der Waals surface area contributed by atoms with Crippen molar-refractivity contribution < 1.29 is 18.7 Å². The Bertz CT molecular complexity index is 1600. The van der Waals surface area contributed by atoms with Crippen LogP contribution in [-0.2, 0) is 6.54 Å². The monoisotopic (exact) mass is 507 g/mol. The quantitative estimate of drug-likeness (QED) is 0.382. The summed E-state index contributed by atoms with van der Waals surface area (Å²) in [7, 11) is 0. The molecule has 4 aromatic rings. The van der Waals surface area contributed by atoms with Crippen molar-refractivity contribution in [1.29, 1.82) is 0 Å². The smallest absolute Gasteiger partial charge is 0.272 e. The fourth-order valence-electron chi connectivity index (χ4n) is 6.22. The third kappa shape index (κ3) is 3.90. The van der Waals surface area contributed by atoms with E-state index in [4.69, 9.17) is 0 Å². The third-order valence-electron chi connectivity index (χ3n) is 7.75. The third-order valence-corrected chi connectivity index (χ3v) is 7.75. The van der Waals surface area contributed by atoms with Gasteiger partial charge in [0.15, 0.2) is 5.69 Å². The molecule has 0 bridgehead atoms. The molecule has 0 radical (unpaired) electrons. The summed E-state index contributed by atoms with van der Waals surface area (Å²) in [6.45, 7) is 3.28. The van der Waals surface area contributed by atoms with Crippen LogP contribution in [0.4, 0.5) is 8.78 Å². The Morgan fingerprint density at radius 3 is 2.62 bits per heavy atom. The van der Waals surface area contributed by atoms with Crippen LogP contribution in [0.3, 0.4) is 0 Å². The van der Waals surface area contributed by atoms with E-state index < -0.39 is 23.5 Å². The number of carbonyl (C=O) groups is 1. The molecular weight excluding hydrogens is 480 g/mol. The van der Waals surface area contributed by atoms with Gasteiger partial charge in [-0.2, -0.15) is 10.2 Å². The van der Waals surface area contributed by atoms with Crippen LogP contribution < -0.4 is 10.9 Å². The zero-order chi connectivity index (χ0) is 26.1. The highest BCUT2D eigenvalue weighted by Crippen LogP contribution is 2.64. The topological polar surface area (TPSA) is 113 Å². The molecular formula is C27H27F2N5O3. The van der Waals surface area contributed by atoms with Gasteiger partial charge in [0.1, 0.15) is 12.0 Å². The summed E-state index contributed by atoms with van der Waals surface area (Å²) < 4.78 is 29.5. The molecule has 37 heavy (non-hydrogen) atoms. The predicted molar refractivity (Wildman–Crippen MR) is 134 cm³/mol. The predicted octanol–water partition coefficient (Wildman–Crippen LogP) is 3.59. The van der Waals surface area contributed by atoms with Crippen LogP contribution in [0, 0.1) is 11.2 Å². The van der Waals surface area contributed by atoms with Crippen LogP contribution in [0.15, 0.2) is 47.3 Å². The van der Waals surface area contributed by atoms with E-state index in [1.54, 1.807) is 26.0 Å². The van der Waals surface area contributed by atoms with Crippen molar-refractivity contribution in [2.24, 2.45) is 5.41 Å². The van der Waals surface area contributed by atoms with Crippen molar-refractivity contribution in [3.05, 3.63) is 70.0 Å². The number of halogens is 2. The van der Waals surface area contributed by atoms with Gasteiger partial charge in [-0.05, 0) is 62.8 Å². The number of aromatic amines is 1. The highest BCUT2D eigenvalue weighted by Gasteiger charge is 2.62. The molecule has 0 aliphatic heterocycles. The zero-order valence-electron chi connectivity index (χ0n) is 20.5. The fourth-order valence-corrected chi connectivity index (χ4v) is 6.22. The average Bonchev–Trinajstić information content (AvgIpc) is 3.15. The maximum atomic E-state index is 14.1. The molecule has 1 spiro atoms. The summed E-state index contributed by atoms with van der Waals surface area (Å²) in [6.07, 6.45) is 0.434. The average molecular weight is 508 g/mol. The second kappa shape index (κ2) is 8.17. The van der Waals surface area contributed by atoms with Gasteiger partial charge in [-0.1, -0.05) is 18.2 Å². The van der Waals surface area contributed by atoms with Crippen molar-refractivity contribution in [2.45, 2.75) is 63.4 Å². The number of aliphatic hydroxyl groups is 1. The first-order valence-corrected chi connectivity index (χ1v) is 12.4. The SMILES string of the molecule is CC(C)(O)Cn1nc(C(=O)NC2CC3(CC(F)C3)C2c2n[nH]c(=O)c3ccccc23)c2ccc(F)cc21. The van der Waals surface area contributed by atoms with Crippen molar-refractivity contribution in [1.82, 2.24) is 25.3 Å². The molecule has 3 N–H and O–H groups in total. The lowest BCUT2D eigenvalue weighted by Gasteiger charge is -2.61. The van der Waals surface area contributed by atoms with E-state index in [-0.39, 0.29) is 35.2 Å². The largest absolute Gasteiger partial charge is 0.389 e. The lowest BCUT2D eigenvalue weighted by Crippen LogP contribution is -2.63. The Kier molecular flexibility index (Phi) is 5.24. The molecule has 2 aromatic carbocycles. The minimum Gasteiger partial charge on any atom is -0.389 e. The van der Waals surface area contributed by atoms with Gasteiger partial charge in [0.25, 0.3) is 11.5 Å². The summed E-state index contributed by atoms with van der Waals surface area (Å²) >= 11 is 0. The number of amides is 1. The molecule has 6 rings (SSSR count). The second-order valence-corrected chi connectivity index (χ2v) is 11.1. The molecule has 2 saturated carbocycles. The van der Waals surface area contributed by atoms with Crippen molar-refractivity contribution in [2.75, 3.05) is 0 Å². The van der Waals surface area contributed by atoms with E-state index in [9.17, 15) is 23.5 Å². The molecule has 0 saturated heterocycles. The number of carbonyl (C=O) groups excluding carboxylic acids is 1. The first kappa shape index (κ1) is 23.7. The number of fused-ring (bicyclic) bond motifs is 2. The molecule has 2 fully saturated rings. The number of rotatable bonds is 5. The van der Waals surface area contributed by atoms with E-state index in [0.717, 1.165) is 0 Å². The Labute approximate surface area is 210 Å².